The molecule has 0 saturated carbocycles. The van der Waals surface area contributed by atoms with E-state index in [0.717, 1.165) is 18.6 Å². The van der Waals surface area contributed by atoms with Crippen LogP contribution in [0.2, 0.25) is 0 Å². The Balaban J connectivity index is 2.08. The number of nitrogens with two attached hydrogens (primary N) is 1. The summed E-state index contributed by atoms with van der Waals surface area (Å²) >= 11 is 0. The SMILES string of the molecule is CC#CCCC(NN)C1COc2ccccc21. The fourth-order valence-electron chi connectivity index (χ4n) is 2.27. The van der Waals surface area contributed by atoms with Gasteiger partial charge < -0.3 is 4.74 Å². The molecule has 0 spiro atoms. The topological polar surface area (TPSA) is 47.3 Å². The van der Waals surface area contributed by atoms with Gasteiger partial charge in [-0.15, -0.1) is 11.8 Å². The van der Waals surface area contributed by atoms with E-state index in [2.05, 4.69) is 23.3 Å². The second kappa shape index (κ2) is 5.72. The Bertz CT molecular complexity index is 433. The fourth-order valence-corrected chi connectivity index (χ4v) is 2.27. The number of hydrogen-bond acceptors (Lipinski definition) is 3. The summed E-state index contributed by atoms with van der Waals surface area (Å²) < 4.78 is 5.67. The predicted octanol–water partition coefficient (Wildman–Crippen LogP) is 1.80. The Morgan fingerprint density at radius 2 is 2.35 bits per heavy atom. The number of nitrogens with one attached hydrogen (secondary N) is 1. The molecule has 3 heteroatoms. The molecular formula is C14H18N2O. The summed E-state index contributed by atoms with van der Waals surface area (Å²) in [5, 5.41) is 0. The third-order valence-corrected chi connectivity index (χ3v) is 3.19. The van der Waals surface area contributed by atoms with E-state index in [4.69, 9.17) is 10.6 Å². The standard InChI is InChI=1S/C14H18N2O/c1-2-3-4-8-13(16-15)12-10-17-14-9-6-5-7-11(12)14/h5-7,9,12-13,16H,4,8,10,15H2,1H3. The Hall–Kier alpha value is -1.50. The van der Waals surface area contributed by atoms with Crippen molar-refractivity contribution in [1.29, 1.82) is 0 Å². The van der Waals surface area contributed by atoms with E-state index in [-0.39, 0.29) is 6.04 Å². The van der Waals surface area contributed by atoms with Crippen LogP contribution >= 0.6 is 0 Å². The average molecular weight is 230 g/mol. The van der Waals surface area contributed by atoms with Gasteiger partial charge in [0.05, 0.1) is 6.61 Å². The number of ether oxygens (including phenoxy) is 1. The van der Waals surface area contributed by atoms with Gasteiger partial charge in [0, 0.05) is 23.9 Å². The van der Waals surface area contributed by atoms with Crippen molar-refractivity contribution in [3.8, 4) is 17.6 Å². The van der Waals surface area contributed by atoms with Gasteiger partial charge in [-0.05, 0) is 19.4 Å². The molecule has 0 aliphatic carbocycles. The lowest BCUT2D eigenvalue weighted by molar-refractivity contribution is 0.293. The number of hydrazine groups is 1. The summed E-state index contributed by atoms with van der Waals surface area (Å²) in [4.78, 5) is 0. The molecule has 1 aromatic carbocycles. The van der Waals surface area contributed by atoms with Crippen LogP contribution < -0.4 is 16.0 Å². The van der Waals surface area contributed by atoms with Gasteiger partial charge in [-0.3, -0.25) is 11.3 Å². The van der Waals surface area contributed by atoms with Crippen molar-refractivity contribution in [2.45, 2.75) is 31.7 Å². The van der Waals surface area contributed by atoms with Crippen LogP contribution in [0.25, 0.3) is 0 Å². The molecule has 2 unspecified atom stereocenters. The zero-order chi connectivity index (χ0) is 12.1. The van der Waals surface area contributed by atoms with Crippen LogP contribution in [0.5, 0.6) is 5.75 Å². The summed E-state index contributed by atoms with van der Waals surface area (Å²) in [5.74, 6) is 12.9. The van der Waals surface area contributed by atoms with Crippen molar-refractivity contribution < 1.29 is 4.74 Å². The van der Waals surface area contributed by atoms with Crippen molar-refractivity contribution >= 4 is 0 Å². The Morgan fingerprint density at radius 3 is 3.12 bits per heavy atom. The zero-order valence-electron chi connectivity index (χ0n) is 10.1. The third-order valence-electron chi connectivity index (χ3n) is 3.19. The van der Waals surface area contributed by atoms with Crippen molar-refractivity contribution in [1.82, 2.24) is 5.43 Å². The molecule has 90 valence electrons. The maximum absolute atomic E-state index is 5.67. The molecule has 1 aliphatic heterocycles. The molecule has 0 saturated heterocycles. The summed E-state index contributed by atoms with van der Waals surface area (Å²) in [6, 6.07) is 8.38. The number of benzene rings is 1. The molecule has 1 aromatic rings. The lowest BCUT2D eigenvalue weighted by atomic mass is 9.91. The predicted molar refractivity (Wildman–Crippen MR) is 68.5 cm³/mol. The first-order valence-corrected chi connectivity index (χ1v) is 5.94. The van der Waals surface area contributed by atoms with Gasteiger partial charge >= 0.3 is 0 Å². The van der Waals surface area contributed by atoms with Crippen LogP contribution in [0.4, 0.5) is 0 Å². The van der Waals surface area contributed by atoms with Crippen LogP contribution in [0.15, 0.2) is 24.3 Å². The molecule has 0 radical (unpaired) electrons. The average Bonchev–Trinajstić information content (AvgIpc) is 2.79. The van der Waals surface area contributed by atoms with Gasteiger partial charge in [-0.1, -0.05) is 18.2 Å². The molecular weight excluding hydrogens is 212 g/mol. The second-order valence-electron chi connectivity index (χ2n) is 4.19. The fraction of sp³-hybridized carbons (Fsp3) is 0.429. The Kier molecular flexibility index (Phi) is 4.03. The Labute approximate surface area is 102 Å². The van der Waals surface area contributed by atoms with E-state index >= 15 is 0 Å². The van der Waals surface area contributed by atoms with Gasteiger partial charge in [-0.2, -0.15) is 0 Å². The van der Waals surface area contributed by atoms with Crippen LogP contribution in [0.3, 0.4) is 0 Å². The van der Waals surface area contributed by atoms with Crippen LogP contribution in [0.1, 0.15) is 31.2 Å². The first-order chi connectivity index (χ1) is 8.36. The maximum atomic E-state index is 5.67. The van der Waals surface area contributed by atoms with E-state index in [1.807, 2.05) is 25.1 Å². The van der Waals surface area contributed by atoms with Gasteiger partial charge in [-0.25, -0.2) is 0 Å². The van der Waals surface area contributed by atoms with E-state index in [1.165, 1.54) is 5.56 Å². The van der Waals surface area contributed by atoms with Crippen LogP contribution in [-0.4, -0.2) is 12.6 Å². The zero-order valence-corrected chi connectivity index (χ0v) is 10.1. The van der Waals surface area contributed by atoms with Crippen LogP contribution in [-0.2, 0) is 0 Å². The smallest absolute Gasteiger partial charge is 0.122 e. The lowest BCUT2D eigenvalue weighted by Gasteiger charge is -2.20. The molecule has 0 bridgehead atoms. The molecule has 1 heterocycles. The minimum Gasteiger partial charge on any atom is -0.493 e. The van der Waals surface area contributed by atoms with Crippen molar-refractivity contribution in [3.63, 3.8) is 0 Å². The molecule has 2 atom stereocenters. The summed E-state index contributed by atoms with van der Waals surface area (Å²) in [5.41, 5.74) is 4.15. The van der Waals surface area contributed by atoms with E-state index in [9.17, 15) is 0 Å². The van der Waals surface area contributed by atoms with Gasteiger partial charge in [0.1, 0.15) is 5.75 Å². The van der Waals surface area contributed by atoms with Crippen molar-refractivity contribution in [3.05, 3.63) is 29.8 Å². The minimum atomic E-state index is 0.222. The van der Waals surface area contributed by atoms with Crippen molar-refractivity contribution in [2.75, 3.05) is 6.61 Å². The number of fused-ring (bicyclic) bond motifs is 1. The summed E-state index contributed by atoms with van der Waals surface area (Å²) in [7, 11) is 0. The largest absolute Gasteiger partial charge is 0.493 e. The van der Waals surface area contributed by atoms with E-state index in [1.54, 1.807) is 0 Å². The number of rotatable bonds is 4. The molecule has 17 heavy (non-hydrogen) atoms. The third kappa shape index (κ3) is 2.60. The van der Waals surface area contributed by atoms with Gasteiger partial charge in [0.2, 0.25) is 0 Å². The highest BCUT2D eigenvalue weighted by molar-refractivity contribution is 5.40. The monoisotopic (exact) mass is 230 g/mol. The molecule has 3 N–H and O–H groups in total. The highest BCUT2D eigenvalue weighted by atomic mass is 16.5. The lowest BCUT2D eigenvalue weighted by Crippen LogP contribution is -2.40. The summed E-state index contributed by atoms with van der Waals surface area (Å²) in [6.45, 7) is 2.56. The summed E-state index contributed by atoms with van der Waals surface area (Å²) in [6.07, 6.45) is 1.81. The maximum Gasteiger partial charge on any atom is 0.122 e. The highest BCUT2D eigenvalue weighted by Crippen LogP contribution is 2.36. The molecule has 0 amide bonds. The normalized spacial score (nSPS) is 18.8. The minimum absolute atomic E-state index is 0.222. The second-order valence-corrected chi connectivity index (χ2v) is 4.19. The number of hydrogen-bond donors (Lipinski definition) is 2. The first-order valence-electron chi connectivity index (χ1n) is 5.94. The molecule has 1 aliphatic rings. The molecule has 3 nitrogen and oxygen atoms in total. The highest BCUT2D eigenvalue weighted by Gasteiger charge is 2.30. The van der Waals surface area contributed by atoms with Gasteiger partial charge in [0.15, 0.2) is 0 Å². The van der Waals surface area contributed by atoms with Crippen molar-refractivity contribution in [2.24, 2.45) is 5.84 Å². The first kappa shape index (κ1) is 12.0. The van der Waals surface area contributed by atoms with Crippen LogP contribution in [0, 0.1) is 11.8 Å². The van der Waals surface area contributed by atoms with E-state index in [0.29, 0.717) is 12.5 Å². The van der Waals surface area contributed by atoms with Gasteiger partial charge in [0.25, 0.3) is 0 Å². The quantitative estimate of drug-likeness (QED) is 0.471. The molecule has 0 fully saturated rings. The molecule has 2 rings (SSSR count). The number of para-hydroxylation sites is 1. The van der Waals surface area contributed by atoms with E-state index < -0.39 is 0 Å². The Morgan fingerprint density at radius 1 is 1.53 bits per heavy atom. The molecule has 0 aromatic heterocycles.